The maximum atomic E-state index is 11.4. The van der Waals surface area contributed by atoms with E-state index in [-0.39, 0.29) is 0 Å². The molecular formula is C13H17BrClNO3. The molecule has 0 atom stereocenters. The van der Waals surface area contributed by atoms with Crippen molar-refractivity contribution in [3.8, 4) is 5.75 Å². The summed E-state index contributed by atoms with van der Waals surface area (Å²) in [7, 11) is 0. The van der Waals surface area contributed by atoms with E-state index in [4.69, 9.17) is 21.1 Å². The van der Waals surface area contributed by atoms with Crippen molar-refractivity contribution >= 4 is 33.6 Å². The van der Waals surface area contributed by atoms with Crippen LogP contribution in [-0.2, 0) is 4.74 Å². The van der Waals surface area contributed by atoms with Gasteiger partial charge in [-0.3, -0.25) is 0 Å². The lowest BCUT2D eigenvalue weighted by molar-refractivity contribution is 0.0520. The Morgan fingerprint density at radius 3 is 2.68 bits per heavy atom. The number of hydrogen-bond acceptors (Lipinski definition) is 3. The van der Waals surface area contributed by atoms with E-state index in [1.165, 1.54) is 0 Å². The van der Waals surface area contributed by atoms with Crippen molar-refractivity contribution < 1.29 is 14.3 Å². The maximum Gasteiger partial charge on any atom is 0.407 e. The van der Waals surface area contributed by atoms with Gasteiger partial charge in [-0.25, -0.2) is 4.79 Å². The molecule has 0 saturated heterocycles. The van der Waals surface area contributed by atoms with Gasteiger partial charge in [0.1, 0.15) is 18.0 Å². The minimum atomic E-state index is -0.496. The second-order valence-corrected chi connectivity index (χ2v) is 6.14. The molecule has 0 aromatic heterocycles. The normalized spacial score (nSPS) is 11.0. The van der Waals surface area contributed by atoms with Crippen LogP contribution >= 0.6 is 27.5 Å². The molecule has 6 heteroatoms. The summed E-state index contributed by atoms with van der Waals surface area (Å²) in [5, 5.41) is 3.24. The lowest BCUT2D eigenvalue weighted by Gasteiger charge is -2.19. The van der Waals surface area contributed by atoms with Gasteiger partial charge in [0, 0.05) is 5.02 Å². The topological polar surface area (TPSA) is 47.6 Å². The monoisotopic (exact) mass is 349 g/mol. The molecule has 0 unspecified atom stereocenters. The van der Waals surface area contributed by atoms with Crippen molar-refractivity contribution in [1.29, 1.82) is 0 Å². The molecule has 4 nitrogen and oxygen atoms in total. The summed E-state index contributed by atoms with van der Waals surface area (Å²) in [4.78, 5) is 11.4. The van der Waals surface area contributed by atoms with E-state index >= 15 is 0 Å². The van der Waals surface area contributed by atoms with Gasteiger partial charge in [-0.15, -0.1) is 0 Å². The Labute approximate surface area is 126 Å². The van der Waals surface area contributed by atoms with E-state index < -0.39 is 11.7 Å². The molecule has 0 aliphatic heterocycles. The fourth-order valence-corrected chi connectivity index (χ4v) is 2.02. The molecule has 0 aliphatic carbocycles. The molecule has 0 spiro atoms. The molecule has 1 aromatic carbocycles. The van der Waals surface area contributed by atoms with Crippen molar-refractivity contribution in [3.63, 3.8) is 0 Å². The molecule has 0 aliphatic rings. The molecule has 19 heavy (non-hydrogen) atoms. The van der Waals surface area contributed by atoms with E-state index in [0.717, 1.165) is 4.47 Å². The minimum Gasteiger partial charge on any atom is -0.491 e. The maximum absolute atomic E-state index is 11.4. The van der Waals surface area contributed by atoms with Crippen molar-refractivity contribution in [2.75, 3.05) is 13.2 Å². The second kappa shape index (κ2) is 7.01. The quantitative estimate of drug-likeness (QED) is 0.835. The zero-order chi connectivity index (χ0) is 14.5. The fraction of sp³-hybridized carbons (Fsp3) is 0.462. The zero-order valence-corrected chi connectivity index (χ0v) is 13.5. The first-order chi connectivity index (χ1) is 8.78. The zero-order valence-electron chi connectivity index (χ0n) is 11.1. The number of nitrogens with one attached hydrogen (secondary N) is 1. The number of amides is 1. The molecule has 0 radical (unpaired) electrons. The van der Waals surface area contributed by atoms with Crippen molar-refractivity contribution in [1.82, 2.24) is 5.32 Å². The SMILES string of the molecule is CC(C)(C)OC(=O)NCCOc1ccc(Cl)cc1Br. The molecule has 1 N–H and O–H groups in total. The van der Waals surface area contributed by atoms with Gasteiger partial charge in [-0.2, -0.15) is 0 Å². The Morgan fingerprint density at radius 1 is 1.42 bits per heavy atom. The van der Waals surface area contributed by atoms with E-state index in [9.17, 15) is 4.79 Å². The van der Waals surface area contributed by atoms with Crippen LogP contribution in [0.2, 0.25) is 5.02 Å². The highest BCUT2D eigenvalue weighted by molar-refractivity contribution is 9.10. The molecular weight excluding hydrogens is 334 g/mol. The summed E-state index contributed by atoms with van der Waals surface area (Å²) in [6.45, 7) is 6.15. The molecule has 0 heterocycles. The summed E-state index contributed by atoms with van der Waals surface area (Å²) >= 11 is 9.17. The minimum absolute atomic E-state index is 0.347. The summed E-state index contributed by atoms with van der Waals surface area (Å²) in [5.41, 5.74) is -0.496. The highest BCUT2D eigenvalue weighted by Gasteiger charge is 2.15. The van der Waals surface area contributed by atoms with Gasteiger partial charge < -0.3 is 14.8 Å². The molecule has 1 amide bonds. The lowest BCUT2D eigenvalue weighted by Crippen LogP contribution is -2.34. The Kier molecular flexibility index (Phi) is 5.94. The summed E-state index contributed by atoms with van der Waals surface area (Å²) in [5.74, 6) is 0.676. The molecule has 0 fully saturated rings. The first-order valence-corrected chi connectivity index (χ1v) is 7.00. The van der Waals surface area contributed by atoms with Gasteiger partial charge in [-0.05, 0) is 54.9 Å². The van der Waals surface area contributed by atoms with Gasteiger partial charge in [0.05, 0.1) is 11.0 Å². The number of ether oxygens (including phenoxy) is 2. The second-order valence-electron chi connectivity index (χ2n) is 4.85. The van der Waals surface area contributed by atoms with Gasteiger partial charge in [0.2, 0.25) is 0 Å². The standard InChI is InChI=1S/C13H17BrClNO3/c1-13(2,3)19-12(17)16-6-7-18-11-5-4-9(15)8-10(11)14/h4-5,8H,6-7H2,1-3H3,(H,16,17). The third-order valence-electron chi connectivity index (χ3n) is 1.92. The summed E-state index contributed by atoms with van der Waals surface area (Å²) < 4.78 is 11.4. The first kappa shape index (κ1) is 16.1. The third kappa shape index (κ3) is 6.68. The number of carbonyl (C=O) groups is 1. The fourth-order valence-electron chi connectivity index (χ4n) is 1.22. The Morgan fingerprint density at radius 2 is 2.11 bits per heavy atom. The Hall–Kier alpha value is -0.940. The highest BCUT2D eigenvalue weighted by atomic mass is 79.9. The molecule has 0 bridgehead atoms. The predicted octanol–water partition coefficient (Wildman–Crippen LogP) is 4.01. The van der Waals surface area contributed by atoms with Crippen LogP contribution < -0.4 is 10.1 Å². The van der Waals surface area contributed by atoms with Crippen molar-refractivity contribution in [3.05, 3.63) is 27.7 Å². The lowest BCUT2D eigenvalue weighted by atomic mass is 10.2. The van der Waals surface area contributed by atoms with Gasteiger partial charge in [-0.1, -0.05) is 11.6 Å². The van der Waals surface area contributed by atoms with E-state index in [2.05, 4.69) is 21.2 Å². The summed E-state index contributed by atoms with van der Waals surface area (Å²) in [6, 6.07) is 5.25. The van der Waals surface area contributed by atoms with Crippen LogP contribution in [0.4, 0.5) is 4.79 Å². The number of benzene rings is 1. The predicted molar refractivity (Wildman–Crippen MR) is 78.9 cm³/mol. The number of alkyl carbamates (subject to hydrolysis) is 1. The van der Waals surface area contributed by atoms with Crippen molar-refractivity contribution in [2.24, 2.45) is 0 Å². The van der Waals surface area contributed by atoms with Crippen LogP contribution in [0.1, 0.15) is 20.8 Å². The smallest absolute Gasteiger partial charge is 0.407 e. The van der Waals surface area contributed by atoms with Crippen LogP contribution in [0, 0.1) is 0 Å². The number of halogens is 2. The average Bonchev–Trinajstić information content (AvgIpc) is 2.24. The van der Waals surface area contributed by atoms with Crippen LogP contribution in [0.3, 0.4) is 0 Å². The average molecular weight is 351 g/mol. The van der Waals surface area contributed by atoms with Gasteiger partial charge >= 0.3 is 6.09 Å². The number of hydrogen-bond donors (Lipinski definition) is 1. The van der Waals surface area contributed by atoms with Crippen LogP contribution in [0.15, 0.2) is 22.7 Å². The molecule has 1 aromatic rings. The molecule has 0 saturated carbocycles. The Balaban J connectivity index is 2.29. The molecule has 106 valence electrons. The van der Waals surface area contributed by atoms with Crippen LogP contribution in [0.25, 0.3) is 0 Å². The van der Waals surface area contributed by atoms with Crippen LogP contribution in [0.5, 0.6) is 5.75 Å². The largest absolute Gasteiger partial charge is 0.491 e. The number of rotatable bonds is 4. The van der Waals surface area contributed by atoms with Crippen LogP contribution in [-0.4, -0.2) is 24.8 Å². The van der Waals surface area contributed by atoms with Gasteiger partial charge in [0.15, 0.2) is 0 Å². The highest BCUT2D eigenvalue weighted by Crippen LogP contribution is 2.27. The Bertz CT molecular complexity index is 446. The first-order valence-electron chi connectivity index (χ1n) is 5.82. The van der Waals surface area contributed by atoms with E-state index in [0.29, 0.717) is 23.9 Å². The number of carbonyl (C=O) groups excluding carboxylic acids is 1. The third-order valence-corrected chi connectivity index (χ3v) is 2.78. The van der Waals surface area contributed by atoms with E-state index in [1.54, 1.807) is 18.2 Å². The summed E-state index contributed by atoms with van der Waals surface area (Å²) in [6.07, 6.45) is -0.453. The van der Waals surface area contributed by atoms with Crippen molar-refractivity contribution in [2.45, 2.75) is 26.4 Å². The van der Waals surface area contributed by atoms with Gasteiger partial charge in [0.25, 0.3) is 0 Å². The van der Waals surface area contributed by atoms with E-state index in [1.807, 2.05) is 20.8 Å². The molecule has 1 rings (SSSR count).